The summed E-state index contributed by atoms with van der Waals surface area (Å²) in [4.78, 5) is 12.3. The van der Waals surface area contributed by atoms with Gasteiger partial charge < -0.3 is 5.32 Å². The van der Waals surface area contributed by atoms with Gasteiger partial charge in [0.25, 0.3) is 5.91 Å². The first-order valence-electron chi connectivity index (χ1n) is 4.92. The molecule has 1 aliphatic rings. The van der Waals surface area contributed by atoms with Gasteiger partial charge in [0.2, 0.25) is 0 Å². The summed E-state index contributed by atoms with van der Waals surface area (Å²) in [6, 6.07) is 0. The molecule has 0 bridgehead atoms. The van der Waals surface area contributed by atoms with Gasteiger partial charge in [0, 0.05) is 5.88 Å². The van der Waals surface area contributed by atoms with E-state index in [1.807, 2.05) is 0 Å². The number of nitrogens with one attached hydrogen (secondary N) is 1. The van der Waals surface area contributed by atoms with E-state index in [0.29, 0.717) is 10.8 Å². The molecule has 0 radical (unpaired) electrons. The number of aromatic nitrogens is 2. The van der Waals surface area contributed by atoms with E-state index in [0.717, 1.165) is 37.2 Å². The number of carbonyl (C=O) groups is 1. The zero-order valence-electron chi connectivity index (χ0n) is 8.20. The molecule has 1 aliphatic carbocycles. The van der Waals surface area contributed by atoms with Crippen molar-refractivity contribution in [1.29, 1.82) is 0 Å². The summed E-state index contributed by atoms with van der Waals surface area (Å²) in [5.41, 5.74) is -0.206. The lowest BCUT2D eigenvalue weighted by Crippen LogP contribution is -2.47. The minimum Gasteiger partial charge on any atom is -0.345 e. The van der Waals surface area contributed by atoms with Crippen LogP contribution in [0.3, 0.4) is 0 Å². The van der Waals surface area contributed by atoms with Crippen LogP contribution in [-0.4, -0.2) is 26.9 Å². The molecule has 0 atom stereocenters. The third kappa shape index (κ3) is 2.29. The Bertz CT molecular complexity index is 335. The molecule has 1 N–H and O–H groups in total. The van der Waals surface area contributed by atoms with Gasteiger partial charge in [0.05, 0.1) is 11.7 Å². The van der Waals surface area contributed by atoms with Crippen molar-refractivity contribution in [3.63, 3.8) is 0 Å². The molecule has 1 aromatic rings. The number of nitrogens with zero attached hydrogens (tertiary/aromatic N) is 2. The van der Waals surface area contributed by atoms with Crippen LogP contribution in [0.4, 0.5) is 0 Å². The summed E-state index contributed by atoms with van der Waals surface area (Å²) in [6.45, 7) is 0. The van der Waals surface area contributed by atoms with Crippen molar-refractivity contribution in [1.82, 2.24) is 14.9 Å². The number of halogens is 1. The van der Waals surface area contributed by atoms with E-state index < -0.39 is 0 Å². The molecule has 6 heteroatoms. The molecule has 1 aromatic heterocycles. The topological polar surface area (TPSA) is 54.9 Å². The summed E-state index contributed by atoms with van der Waals surface area (Å²) >= 11 is 7.03. The Kier molecular flexibility index (Phi) is 3.21. The molecule has 0 unspecified atom stereocenters. The molecule has 1 heterocycles. The molecule has 2 rings (SSSR count). The number of hydrogen-bond acceptors (Lipinski definition) is 4. The van der Waals surface area contributed by atoms with Crippen LogP contribution >= 0.6 is 23.1 Å². The van der Waals surface area contributed by atoms with Crippen molar-refractivity contribution < 1.29 is 4.79 Å². The van der Waals surface area contributed by atoms with E-state index >= 15 is 0 Å². The predicted octanol–water partition coefficient (Wildman–Crippen LogP) is 1.82. The van der Waals surface area contributed by atoms with E-state index in [2.05, 4.69) is 14.9 Å². The second-order valence-corrected chi connectivity index (χ2v) is 4.91. The van der Waals surface area contributed by atoms with Crippen molar-refractivity contribution in [2.75, 3.05) is 5.88 Å². The Morgan fingerprint density at radius 2 is 2.33 bits per heavy atom. The van der Waals surface area contributed by atoms with Crippen LogP contribution in [0.1, 0.15) is 35.4 Å². The molecule has 4 nitrogen and oxygen atoms in total. The van der Waals surface area contributed by atoms with Crippen molar-refractivity contribution >= 4 is 29.0 Å². The van der Waals surface area contributed by atoms with E-state index in [1.54, 1.807) is 0 Å². The van der Waals surface area contributed by atoms with Gasteiger partial charge in [0.15, 0.2) is 0 Å². The molecule has 0 aromatic carbocycles. The number of rotatable bonds is 3. The Balaban J connectivity index is 2.04. The van der Waals surface area contributed by atoms with E-state index in [9.17, 15) is 4.79 Å². The highest BCUT2D eigenvalue weighted by atomic mass is 35.5. The monoisotopic (exact) mass is 245 g/mol. The third-order valence-electron chi connectivity index (χ3n) is 2.78. The zero-order valence-corrected chi connectivity index (χ0v) is 9.77. The fraction of sp³-hybridized carbons (Fsp3) is 0.667. The van der Waals surface area contributed by atoms with Gasteiger partial charge in [-0.25, -0.2) is 0 Å². The molecule has 1 saturated carbocycles. The maximum atomic E-state index is 11.8. The standard InChI is InChI=1S/C9H12ClN3OS/c10-6-9(3-1-2-4-9)12-8(14)7-5-11-13-15-7/h5H,1-4,6H2,(H,12,14). The Morgan fingerprint density at radius 3 is 2.87 bits per heavy atom. The molecule has 15 heavy (non-hydrogen) atoms. The van der Waals surface area contributed by atoms with Crippen molar-refractivity contribution in [2.45, 2.75) is 31.2 Å². The number of amides is 1. The summed E-state index contributed by atoms with van der Waals surface area (Å²) < 4.78 is 3.66. The van der Waals surface area contributed by atoms with Crippen LogP contribution < -0.4 is 5.32 Å². The number of alkyl halides is 1. The highest BCUT2D eigenvalue weighted by Gasteiger charge is 2.34. The predicted molar refractivity (Wildman–Crippen MR) is 59.3 cm³/mol. The van der Waals surface area contributed by atoms with Crippen LogP contribution in [0.15, 0.2) is 6.20 Å². The molecule has 0 aliphatic heterocycles. The first kappa shape index (κ1) is 10.8. The van der Waals surface area contributed by atoms with Crippen molar-refractivity contribution in [3.05, 3.63) is 11.1 Å². The fourth-order valence-electron chi connectivity index (χ4n) is 1.91. The van der Waals surface area contributed by atoms with Crippen molar-refractivity contribution in [3.8, 4) is 0 Å². The molecular formula is C9H12ClN3OS. The van der Waals surface area contributed by atoms with Gasteiger partial charge in [-0.3, -0.25) is 4.79 Å². The van der Waals surface area contributed by atoms with E-state index in [-0.39, 0.29) is 11.4 Å². The highest BCUT2D eigenvalue weighted by molar-refractivity contribution is 7.07. The normalized spacial score (nSPS) is 19.0. The summed E-state index contributed by atoms with van der Waals surface area (Å²) in [6.07, 6.45) is 5.68. The Hall–Kier alpha value is -0.680. The van der Waals surface area contributed by atoms with Gasteiger partial charge in [-0.15, -0.1) is 16.7 Å². The first-order chi connectivity index (χ1) is 7.26. The maximum absolute atomic E-state index is 11.8. The van der Waals surface area contributed by atoms with Gasteiger partial charge in [-0.2, -0.15) is 0 Å². The first-order valence-corrected chi connectivity index (χ1v) is 6.22. The van der Waals surface area contributed by atoms with E-state index in [1.165, 1.54) is 6.20 Å². The van der Waals surface area contributed by atoms with Crippen LogP contribution in [0, 0.1) is 0 Å². The molecule has 0 saturated heterocycles. The van der Waals surface area contributed by atoms with Gasteiger partial charge in [0.1, 0.15) is 4.88 Å². The minimum atomic E-state index is -0.206. The molecule has 1 amide bonds. The quantitative estimate of drug-likeness (QED) is 0.827. The number of hydrogen-bond donors (Lipinski definition) is 1. The van der Waals surface area contributed by atoms with Crippen LogP contribution in [-0.2, 0) is 0 Å². The lowest BCUT2D eigenvalue weighted by Gasteiger charge is -2.27. The largest absolute Gasteiger partial charge is 0.345 e. The lowest BCUT2D eigenvalue weighted by molar-refractivity contribution is 0.0913. The minimum absolute atomic E-state index is 0.104. The Morgan fingerprint density at radius 1 is 1.60 bits per heavy atom. The van der Waals surface area contributed by atoms with Crippen LogP contribution in [0.2, 0.25) is 0 Å². The van der Waals surface area contributed by atoms with Crippen molar-refractivity contribution in [2.24, 2.45) is 0 Å². The molecule has 1 fully saturated rings. The third-order valence-corrected chi connectivity index (χ3v) is 3.96. The highest BCUT2D eigenvalue weighted by Crippen LogP contribution is 2.31. The number of carbonyl (C=O) groups excluding carboxylic acids is 1. The second-order valence-electron chi connectivity index (χ2n) is 3.86. The smallest absolute Gasteiger partial charge is 0.265 e. The fourth-order valence-corrected chi connectivity index (χ4v) is 2.66. The van der Waals surface area contributed by atoms with Gasteiger partial charge >= 0.3 is 0 Å². The van der Waals surface area contributed by atoms with Gasteiger partial charge in [-0.05, 0) is 24.4 Å². The second kappa shape index (κ2) is 4.45. The summed E-state index contributed by atoms with van der Waals surface area (Å²) in [7, 11) is 0. The zero-order chi connectivity index (χ0) is 10.7. The maximum Gasteiger partial charge on any atom is 0.265 e. The summed E-state index contributed by atoms with van der Waals surface area (Å²) in [5, 5.41) is 6.65. The summed E-state index contributed by atoms with van der Waals surface area (Å²) in [5.74, 6) is 0.373. The Labute approximate surface area is 97.2 Å². The van der Waals surface area contributed by atoms with Crippen LogP contribution in [0.5, 0.6) is 0 Å². The molecule has 0 spiro atoms. The van der Waals surface area contributed by atoms with E-state index in [4.69, 9.17) is 11.6 Å². The molecular weight excluding hydrogens is 234 g/mol. The van der Waals surface area contributed by atoms with Crippen LogP contribution in [0.25, 0.3) is 0 Å². The van der Waals surface area contributed by atoms with Gasteiger partial charge in [-0.1, -0.05) is 17.3 Å². The average molecular weight is 246 g/mol. The lowest BCUT2D eigenvalue weighted by atomic mass is 10.0. The SMILES string of the molecule is O=C(NC1(CCl)CCCC1)c1cnns1. The molecule has 82 valence electrons. The average Bonchev–Trinajstić information content (AvgIpc) is 2.88.